The summed E-state index contributed by atoms with van der Waals surface area (Å²) in [6.45, 7) is 11.8. The van der Waals surface area contributed by atoms with Crippen LogP contribution < -0.4 is 4.74 Å². The lowest BCUT2D eigenvalue weighted by molar-refractivity contribution is 0.0322. The summed E-state index contributed by atoms with van der Waals surface area (Å²) in [6, 6.07) is 8.77. The highest BCUT2D eigenvalue weighted by Crippen LogP contribution is 2.14. The summed E-state index contributed by atoms with van der Waals surface area (Å²) < 4.78 is 5.83. The average Bonchev–Trinajstić information content (AvgIpc) is 2.50. The van der Waals surface area contributed by atoms with Crippen molar-refractivity contribution in [2.24, 2.45) is 0 Å². The van der Waals surface area contributed by atoms with Crippen molar-refractivity contribution in [1.82, 2.24) is 9.80 Å². The largest absolute Gasteiger partial charge is 0.492 e. The molecular formula is C18H30N2O2. The number of ether oxygens (including phenoxy) is 1. The van der Waals surface area contributed by atoms with Gasteiger partial charge in [-0.1, -0.05) is 24.6 Å². The van der Waals surface area contributed by atoms with Crippen molar-refractivity contribution in [3.63, 3.8) is 0 Å². The van der Waals surface area contributed by atoms with Crippen LogP contribution in [0.15, 0.2) is 24.3 Å². The summed E-state index contributed by atoms with van der Waals surface area (Å²) >= 11 is 0. The molecule has 0 unspecified atom stereocenters. The van der Waals surface area contributed by atoms with E-state index in [1.807, 2.05) is 19.1 Å². The highest BCUT2D eigenvalue weighted by Gasteiger charge is 2.26. The van der Waals surface area contributed by atoms with Gasteiger partial charge in [-0.3, -0.25) is 9.80 Å². The maximum atomic E-state index is 9.60. The van der Waals surface area contributed by atoms with E-state index in [1.54, 1.807) is 0 Å². The Morgan fingerprint density at radius 3 is 2.64 bits per heavy atom. The van der Waals surface area contributed by atoms with Gasteiger partial charge in [-0.05, 0) is 32.4 Å². The zero-order chi connectivity index (χ0) is 15.9. The Kier molecular flexibility index (Phi) is 6.68. The first-order valence-corrected chi connectivity index (χ1v) is 8.42. The summed E-state index contributed by atoms with van der Waals surface area (Å²) in [6.07, 6.45) is 0.882. The quantitative estimate of drug-likeness (QED) is 0.837. The van der Waals surface area contributed by atoms with E-state index in [0.29, 0.717) is 6.04 Å². The molecule has 0 aromatic heterocycles. The zero-order valence-electron chi connectivity index (χ0n) is 14.2. The van der Waals surface area contributed by atoms with E-state index in [9.17, 15) is 5.11 Å². The van der Waals surface area contributed by atoms with Crippen LogP contribution in [0.5, 0.6) is 5.75 Å². The fourth-order valence-corrected chi connectivity index (χ4v) is 3.05. The van der Waals surface area contributed by atoms with Gasteiger partial charge in [0, 0.05) is 38.8 Å². The predicted molar refractivity (Wildman–Crippen MR) is 90.4 cm³/mol. The Morgan fingerprint density at radius 1 is 1.27 bits per heavy atom. The summed E-state index contributed by atoms with van der Waals surface area (Å²) in [4.78, 5) is 4.89. The standard InChI is InChI=1S/C18H30N2O2/c1-4-17-14-19(9-10-20(17)13-16(3)21)11-12-22-18-7-5-15(2)6-8-18/h5-8,16-17,21H,4,9-14H2,1-3H3/t16-,17-/m0/s1. The lowest BCUT2D eigenvalue weighted by Gasteiger charge is -2.41. The number of aliphatic hydroxyl groups is 1. The van der Waals surface area contributed by atoms with Gasteiger partial charge in [0.05, 0.1) is 6.10 Å². The molecule has 1 aromatic rings. The number of aliphatic hydroxyl groups excluding tert-OH is 1. The Morgan fingerprint density at radius 2 is 2.00 bits per heavy atom. The van der Waals surface area contributed by atoms with Crippen molar-refractivity contribution in [2.45, 2.75) is 39.3 Å². The Balaban J connectivity index is 1.74. The molecule has 22 heavy (non-hydrogen) atoms. The van der Waals surface area contributed by atoms with Crippen molar-refractivity contribution in [1.29, 1.82) is 0 Å². The van der Waals surface area contributed by atoms with Crippen molar-refractivity contribution in [2.75, 3.05) is 39.3 Å². The number of piperazine rings is 1. The monoisotopic (exact) mass is 306 g/mol. The number of hydrogen-bond donors (Lipinski definition) is 1. The summed E-state index contributed by atoms with van der Waals surface area (Å²) in [5.41, 5.74) is 1.26. The van der Waals surface area contributed by atoms with Gasteiger partial charge in [-0.15, -0.1) is 0 Å². The van der Waals surface area contributed by atoms with Gasteiger partial charge in [0.15, 0.2) is 0 Å². The van der Waals surface area contributed by atoms with Crippen molar-refractivity contribution >= 4 is 0 Å². The number of β-amino-alcohol motifs (C(OH)–C–C–N with tert-alkyl or cyclic N) is 1. The van der Waals surface area contributed by atoms with Crippen LogP contribution in [0.1, 0.15) is 25.8 Å². The van der Waals surface area contributed by atoms with E-state index in [0.717, 1.165) is 51.5 Å². The van der Waals surface area contributed by atoms with Crippen LogP contribution in [0.2, 0.25) is 0 Å². The van der Waals surface area contributed by atoms with E-state index < -0.39 is 0 Å². The second-order valence-corrected chi connectivity index (χ2v) is 6.37. The fourth-order valence-electron chi connectivity index (χ4n) is 3.05. The minimum Gasteiger partial charge on any atom is -0.492 e. The smallest absolute Gasteiger partial charge is 0.119 e. The molecule has 0 saturated carbocycles. The molecular weight excluding hydrogens is 276 g/mol. The number of hydrogen-bond acceptors (Lipinski definition) is 4. The predicted octanol–water partition coefficient (Wildman–Crippen LogP) is 2.15. The van der Waals surface area contributed by atoms with Crippen LogP contribution >= 0.6 is 0 Å². The summed E-state index contributed by atoms with van der Waals surface area (Å²) in [7, 11) is 0. The number of benzene rings is 1. The highest BCUT2D eigenvalue weighted by atomic mass is 16.5. The first-order chi connectivity index (χ1) is 10.6. The van der Waals surface area contributed by atoms with Gasteiger partial charge in [0.25, 0.3) is 0 Å². The molecule has 4 nitrogen and oxygen atoms in total. The molecule has 4 heteroatoms. The van der Waals surface area contributed by atoms with Crippen LogP contribution in [0, 0.1) is 6.92 Å². The highest BCUT2D eigenvalue weighted by molar-refractivity contribution is 5.26. The molecule has 1 fully saturated rings. The molecule has 1 aliphatic heterocycles. The summed E-state index contributed by atoms with van der Waals surface area (Å²) in [5.74, 6) is 0.949. The Bertz CT molecular complexity index is 433. The van der Waals surface area contributed by atoms with Crippen molar-refractivity contribution in [3.8, 4) is 5.75 Å². The van der Waals surface area contributed by atoms with Gasteiger partial charge < -0.3 is 9.84 Å². The molecule has 2 rings (SSSR count). The van der Waals surface area contributed by atoms with Gasteiger partial charge in [0.1, 0.15) is 12.4 Å². The van der Waals surface area contributed by atoms with Gasteiger partial charge in [-0.2, -0.15) is 0 Å². The SMILES string of the molecule is CC[C@H]1CN(CCOc2ccc(C)cc2)CCN1C[C@H](C)O. The van der Waals surface area contributed by atoms with E-state index in [4.69, 9.17) is 4.74 Å². The van der Waals surface area contributed by atoms with Gasteiger partial charge in [0.2, 0.25) is 0 Å². The van der Waals surface area contributed by atoms with Crippen LogP contribution in [0.4, 0.5) is 0 Å². The van der Waals surface area contributed by atoms with E-state index in [1.165, 1.54) is 5.56 Å². The third-order valence-electron chi connectivity index (χ3n) is 4.36. The molecule has 1 aliphatic rings. The normalized spacial score (nSPS) is 21.7. The van der Waals surface area contributed by atoms with Gasteiger partial charge >= 0.3 is 0 Å². The van der Waals surface area contributed by atoms with Crippen LogP contribution in [-0.2, 0) is 0 Å². The van der Waals surface area contributed by atoms with Crippen LogP contribution in [0.25, 0.3) is 0 Å². The second kappa shape index (κ2) is 8.51. The van der Waals surface area contributed by atoms with E-state index in [2.05, 4.69) is 35.8 Å². The molecule has 1 aromatic carbocycles. The molecule has 1 heterocycles. The van der Waals surface area contributed by atoms with E-state index in [-0.39, 0.29) is 6.10 Å². The lowest BCUT2D eigenvalue weighted by atomic mass is 10.1. The van der Waals surface area contributed by atoms with Crippen LogP contribution in [-0.4, -0.2) is 66.4 Å². The first-order valence-electron chi connectivity index (χ1n) is 8.42. The molecule has 1 N–H and O–H groups in total. The van der Waals surface area contributed by atoms with Crippen molar-refractivity contribution in [3.05, 3.63) is 29.8 Å². The molecule has 0 radical (unpaired) electrons. The number of nitrogens with zero attached hydrogens (tertiary/aromatic N) is 2. The lowest BCUT2D eigenvalue weighted by Crippen LogP contribution is -2.55. The molecule has 124 valence electrons. The first kappa shape index (κ1) is 17.3. The Hall–Kier alpha value is -1.10. The minimum atomic E-state index is -0.245. The maximum absolute atomic E-state index is 9.60. The molecule has 1 saturated heterocycles. The third kappa shape index (κ3) is 5.27. The molecule has 2 atom stereocenters. The topological polar surface area (TPSA) is 35.9 Å². The number of rotatable bonds is 7. The third-order valence-corrected chi connectivity index (χ3v) is 4.36. The maximum Gasteiger partial charge on any atom is 0.119 e. The molecule has 0 amide bonds. The molecule has 0 spiro atoms. The van der Waals surface area contributed by atoms with Crippen LogP contribution in [0.3, 0.4) is 0 Å². The van der Waals surface area contributed by atoms with Gasteiger partial charge in [-0.25, -0.2) is 0 Å². The second-order valence-electron chi connectivity index (χ2n) is 6.37. The number of aryl methyl sites for hydroxylation is 1. The Labute approximate surface area is 134 Å². The molecule has 0 bridgehead atoms. The summed E-state index contributed by atoms with van der Waals surface area (Å²) in [5, 5.41) is 9.60. The fraction of sp³-hybridized carbons (Fsp3) is 0.667. The average molecular weight is 306 g/mol. The molecule has 0 aliphatic carbocycles. The van der Waals surface area contributed by atoms with Crippen molar-refractivity contribution < 1.29 is 9.84 Å². The van der Waals surface area contributed by atoms with E-state index >= 15 is 0 Å². The zero-order valence-corrected chi connectivity index (χ0v) is 14.2. The minimum absolute atomic E-state index is 0.245.